The van der Waals surface area contributed by atoms with Crippen molar-refractivity contribution in [1.29, 1.82) is 0 Å². The van der Waals surface area contributed by atoms with Crippen molar-refractivity contribution < 1.29 is 5.11 Å². The number of phenolic OH excluding ortho intramolecular Hbond substituents is 1. The van der Waals surface area contributed by atoms with Gasteiger partial charge in [0.15, 0.2) is 0 Å². The monoisotopic (exact) mass is 163 g/mol. The van der Waals surface area contributed by atoms with Gasteiger partial charge in [-0.3, -0.25) is 4.99 Å². The summed E-state index contributed by atoms with van der Waals surface area (Å²) in [5, 5.41) is 9.32. The van der Waals surface area contributed by atoms with Gasteiger partial charge in [-0.15, -0.1) is 0 Å². The van der Waals surface area contributed by atoms with E-state index in [2.05, 4.69) is 11.9 Å². The average molecular weight is 163 g/mol. The number of aromatic hydroxyl groups is 1. The molecular formula is C10H13NO. The lowest BCUT2D eigenvalue weighted by Gasteiger charge is -1.95. The van der Waals surface area contributed by atoms with Crippen LogP contribution in [0.15, 0.2) is 29.3 Å². The molecule has 0 aromatic heterocycles. The molecule has 0 aliphatic carbocycles. The van der Waals surface area contributed by atoms with E-state index >= 15 is 0 Å². The molecule has 1 rings (SSSR count). The van der Waals surface area contributed by atoms with Crippen LogP contribution >= 0.6 is 0 Å². The van der Waals surface area contributed by atoms with Crippen LogP contribution in [-0.2, 0) is 0 Å². The molecule has 2 heteroatoms. The molecule has 0 saturated carbocycles. The van der Waals surface area contributed by atoms with E-state index in [0.29, 0.717) is 0 Å². The number of benzene rings is 1. The molecule has 0 amide bonds. The Morgan fingerprint density at radius 2 is 2.17 bits per heavy atom. The minimum atomic E-state index is 0.289. The molecule has 0 bridgehead atoms. The molecule has 0 atom stereocenters. The third-order valence-electron chi connectivity index (χ3n) is 1.52. The van der Waals surface area contributed by atoms with E-state index in [0.717, 1.165) is 18.5 Å². The van der Waals surface area contributed by atoms with Crippen LogP contribution < -0.4 is 0 Å². The molecule has 0 radical (unpaired) electrons. The Labute approximate surface area is 72.6 Å². The van der Waals surface area contributed by atoms with Crippen LogP contribution in [0.25, 0.3) is 0 Å². The number of aliphatic imine (C=N–C) groups is 1. The zero-order valence-corrected chi connectivity index (χ0v) is 7.20. The summed E-state index contributed by atoms with van der Waals surface area (Å²) < 4.78 is 0. The summed E-state index contributed by atoms with van der Waals surface area (Å²) in [5.41, 5.74) is 0.783. The first-order chi connectivity index (χ1) is 5.84. The highest BCUT2D eigenvalue weighted by Crippen LogP contribution is 2.12. The van der Waals surface area contributed by atoms with E-state index in [9.17, 15) is 5.11 Å². The summed E-state index contributed by atoms with van der Waals surface area (Å²) in [6.45, 7) is 2.89. The van der Waals surface area contributed by atoms with Crippen molar-refractivity contribution >= 4 is 6.21 Å². The third kappa shape index (κ3) is 2.38. The first-order valence-electron chi connectivity index (χ1n) is 4.12. The zero-order chi connectivity index (χ0) is 8.81. The van der Waals surface area contributed by atoms with Crippen molar-refractivity contribution in [1.82, 2.24) is 0 Å². The van der Waals surface area contributed by atoms with Crippen LogP contribution in [0.4, 0.5) is 0 Å². The first-order valence-corrected chi connectivity index (χ1v) is 4.12. The molecule has 2 nitrogen and oxygen atoms in total. The van der Waals surface area contributed by atoms with Crippen molar-refractivity contribution in [2.45, 2.75) is 13.3 Å². The number of rotatable bonds is 3. The van der Waals surface area contributed by atoms with Gasteiger partial charge < -0.3 is 5.11 Å². The number of nitrogens with zero attached hydrogens (tertiary/aromatic N) is 1. The second-order valence-corrected chi connectivity index (χ2v) is 2.59. The van der Waals surface area contributed by atoms with E-state index in [1.165, 1.54) is 0 Å². The largest absolute Gasteiger partial charge is 0.507 e. The molecule has 0 unspecified atom stereocenters. The number of para-hydroxylation sites is 1. The predicted molar refractivity (Wildman–Crippen MR) is 50.9 cm³/mol. The van der Waals surface area contributed by atoms with Crippen molar-refractivity contribution in [3.63, 3.8) is 0 Å². The molecule has 0 aliphatic heterocycles. The molecule has 64 valence electrons. The van der Waals surface area contributed by atoms with Crippen LogP contribution in [0.5, 0.6) is 5.75 Å². The standard InChI is InChI=1S/C10H13NO/c1-2-7-11-8-9-5-3-4-6-10(9)12/h3-6,8,12H,2,7H2,1H3/b11-8+. The van der Waals surface area contributed by atoms with Gasteiger partial charge in [-0.1, -0.05) is 19.1 Å². The number of hydrogen-bond donors (Lipinski definition) is 1. The van der Waals surface area contributed by atoms with Crippen molar-refractivity contribution in [2.75, 3.05) is 6.54 Å². The van der Waals surface area contributed by atoms with E-state index in [1.807, 2.05) is 12.1 Å². The minimum absolute atomic E-state index is 0.289. The second kappa shape index (κ2) is 4.54. The number of phenols is 1. The summed E-state index contributed by atoms with van der Waals surface area (Å²) in [7, 11) is 0. The van der Waals surface area contributed by atoms with Gasteiger partial charge in [0.2, 0.25) is 0 Å². The van der Waals surface area contributed by atoms with Gasteiger partial charge >= 0.3 is 0 Å². The van der Waals surface area contributed by atoms with Crippen molar-refractivity contribution in [2.24, 2.45) is 4.99 Å². The fourth-order valence-corrected chi connectivity index (χ4v) is 0.889. The molecule has 12 heavy (non-hydrogen) atoms. The average Bonchev–Trinajstić information content (AvgIpc) is 2.09. The van der Waals surface area contributed by atoms with Gasteiger partial charge in [-0.2, -0.15) is 0 Å². The SMILES string of the molecule is CCC/N=C/c1ccccc1O. The van der Waals surface area contributed by atoms with E-state index in [-0.39, 0.29) is 5.75 Å². The molecule has 0 heterocycles. The Hall–Kier alpha value is -1.31. The molecule has 1 N–H and O–H groups in total. The topological polar surface area (TPSA) is 32.6 Å². The van der Waals surface area contributed by atoms with Gasteiger partial charge in [-0.05, 0) is 18.6 Å². The molecular weight excluding hydrogens is 150 g/mol. The van der Waals surface area contributed by atoms with Crippen LogP contribution in [0.3, 0.4) is 0 Å². The molecule has 0 fully saturated rings. The van der Waals surface area contributed by atoms with E-state index < -0.39 is 0 Å². The maximum Gasteiger partial charge on any atom is 0.124 e. The Balaban J connectivity index is 2.68. The van der Waals surface area contributed by atoms with Crippen LogP contribution in [0, 0.1) is 0 Å². The highest BCUT2D eigenvalue weighted by Gasteiger charge is 1.92. The summed E-state index contributed by atoms with van der Waals surface area (Å²) in [4.78, 5) is 4.14. The van der Waals surface area contributed by atoms with Crippen LogP contribution in [0.1, 0.15) is 18.9 Å². The van der Waals surface area contributed by atoms with Gasteiger partial charge in [0.25, 0.3) is 0 Å². The van der Waals surface area contributed by atoms with Gasteiger partial charge in [0.05, 0.1) is 0 Å². The maximum absolute atomic E-state index is 9.32. The smallest absolute Gasteiger partial charge is 0.124 e. The van der Waals surface area contributed by atoms with Crippen molar-refractivity contribution in [3.05, 3.63) is 29.8 Å². The third-order valence-corrected chi connectivity index (χ3v) is 1.52. The highest BCUT2D eigenvalue weighted by atomic mass is 16.3. The summed E-state index contributed by atoms with van der Waals surface area (Å²) in [6.07, 6.45) is 2.74. The second-order valence-electron chi connectivity index (χ2n) is 2.59. The quantitative estimate of drug-likeness (QED) is 0.681. The first kappa shape index (κ1) is 8.78. The zero-order valence-electron chi connectivity index (χ0n) is 7.20. The molecule has 0 spiro atoms. The van der Waals surface area contributed by atoms with E-state index in [1.54, 1.807) is 18.3 Å². The Morgan fingerprint density at radius 3 is 2.83 bits per heavy atom. The van der Waals surface area contributed by atoms with Gasteiger partial charge in [0, 0.05) is 18.3 Å². The Bertz CT molecular complexity index is 268. The fourth-order valence-electron chi connectivity index (χ4n) is 0.889. The fraction of sp³-hybridized carbons (Fsp3) is 0.300. The van der Waals surface area contributed by atoms with Crippen molar-refractivity contribution in [3.8, 4) is 5.75 Å². The Morgan fingerprint density at radius 1 is 1.42 bits per heavy atom. The van der Waals surface area contributed by atoms with Crippen LogP contribution in [0.2, 0.25) is 0 Å². The Kier molecular flexibility index (Phi) is 3.33. The minimum Gasteiger partial charge on any atom is -0.507 e. The molecule has 0 aliphatic rings. The molecule has 0 saturated heterocycles. The lowest BCUT2D eigenvalue weighted by atomic mass is 10.2. The summed E-state index contributed by atoms with van der Waals surface area (Å²) in [6, 6.07) is 7.18. The summed E-state index contributed by atoms with van der Waals surface area (Å²) in [5.74, 6) is 0.289. The van der Waals surface area contributed by atoms with Crippen LogP contribution in [-0.4, -0.2) is 17.9 Å². The summed E-state index contributed by atoms with van der Waals surface area (Å²) >= 11 is 0. The number of hydrogen-bond acceptors (Lipinski definition) is 2. The predicted octanol–water partition coefficient (Wildman–Crippen LogP) is 2.22. The van der Waals surface area contributed by atoms with Gasteiger partial charge in [-0.25, -0.2) is 0 Å². The van der Waals surface area contributed by atoms with E-state index in [4.69, 9.17) is 0 Å². The van der Waals surface area contributed by atoms with Gasteiger partial charge in [0.1, 0.15) is 5.75 Å². The lowest BCUT2D eigenvalue weighted by Crippen LogP contribution is -1.83. The molecule has 1 aromatic rings. The highest BCUT2D eigenvalue weighted by molar-refractivity contribution is 5.83. The maximum atomic E-state index is 9.32. The normalized spacial score (nSPS) is 10.8. The lowest BCUT2D eigenvalue weighted by molar-refractivity contribution is 0.474. The molecule has 1 aromatic carbocycles.